The number of rotatable bonds is 3. The molecule has 88 valence electrons. The maximum atomic E-state index is 5.65. The summed E-state index contributed by atoms with van der Waals surface area (Å²) < 4.78 is 6.27. The highest BCUT2D eigenvalue weighted by Crippen LogP contribution is 2.22. The van der Waals surface area contributed by atoms with E-state index in [9.17, 15) is 0 Å². The SMILES string of the molecule is CC(C)Oc1cccc(-c2cncc(=S)[nH]2)c1. The number of H-pyrrole nitrogens is 1. The van der Waals surface area contributed by atoms with Crippen LogP contribution < -0.4 is 4.74 Å². The van der Waals surface area contributed by atoms with E-state index >= 15 is 0 Å². The van der Waals surface area contributed by atoms with Gasteiger partial charge >= 0.3 is 0 Å². The molecule has 1 aromatic heterocycles. The Morgan fingerprint density at radius 2 is 2.12 bits per heavy atom. The summed E-state index contributed by atoms with van der Waals surface area (Å²) in [4.78, 5) is 7.18. The molecule has 0 aliphatic carbocycles. The summed E-state index contributed by atoms with van der Waals surface area (Å²) >= 11 is 5.05. The van der Waals surface area contributed by atoms with Crippen molar-refractivity contribution >= 4 is 12.2 Å². The van der Waals surface area contributed by atoms with Crippen LogP contribution in [0.4, 0.5) is 0 Å². The smallest absolute Gasteiger partial charge is 0.122 e. The van der Waals surface area contributed by atoms with E-state index in [1.54, 1.807) is 12.4 Å². The molecule has 17 heavy (non-hydrogen) atoms. The molecule has 0 saturated heterocycles. The zero-order chi connectivity index (χ0) is 12.3. The lowest BCUT2D eigenvalue weighted by molar-refractivity contribution is 0.242. The van der Waals surface area contributed by atoms with Gasteiger partial charge in [0.25, 0.3) is 0 Å². The number of ether oxygens (including phenoxy) is 1. The summed E-state index contributed by atoms with van der Waals surface area (Å²) in [6, 6.07) is 7.86. The Hall–Kier alpha value is -1.68. The minimum absolute atomic E-state index is 0.164. The molecule has 0 amide bonds. The molecule has 3 nitrogen and oxygen atoms in total. The first-order valence-corrected chi connectivity index (χ1v) is 5.87. The van der Waals surface area contributed by atoms with E-state index in [1.165, 1.54) is 0 Å². The van der Waals surface area contributed by atoms with Crippen LogP contribution in [0.2, 0.25) is 0 Å². The Labute approximate surface area is 105 Å². The van der Waals surface area contributed by atoms with Crippen LogP contribution in [0.1, 0.15) is 13.8 Å². The van der Waals surface area contributed by atoms with Crippen LogP contribution in [-0.2, 0) is 0 Å². The lowest BCUT2D eigenvalue weighted by Crippen LogP contribution is -2.05. The molecular weight excluding hydrogens is 232 g/mol. The average molecular weight is 246 g/mol. The van der Waals surface area contributed by atoms with E-state index in [0.717, 1.165) is 17.0 Å². The highest BCUT2D eigenvalue weighted by Gasteiger charge is 2.02. The minimum atomic E-state index is 0.164. The fraction of sp³-hybridized carbons (Fsp3) is 0.231. The Balaban J connectivity index is 2.36. The topological polar surface area (TPSA) is 37.9 Å². The van der Waals surface area contributed by atoms with Crippen LogP contribution in [-0.4, -0.2) is 16.1 Å². The van der Waals surface area contributed by atoms with Crippen molar-refractivity contribution in [2.24, 2.45) is 0 Å². The predicted molar refractivity (Wildman–Crippen MR) is 70.6 cm³/mol. The molecule has 1 heterocycles. The van der Waals surface area contributed by atoms with Crippen molar-refractivity contribution in [2.45, 2.75) is 20.0 Å². The number of hydrogen-bond donors (Lipinski definition) is 1. The van der Waals surface area contributed by atoms with E-state index in [4.69, 9.17) is 17.0 Å². The standard InChI is InChI=1S/C13H14N2OS/c1-9(2)16-11-5-3-4-10(6-11)12-7-14-8-13(17)15-12/h3-9H,1-2H3,(H,15,17). The normalized spacial score (nSPS) is 10.5. The second kappa shape index (κ2) is 5.10. The van der Waals surface area contributed by atoms with Crippen LogP contribution in [0.5, 0.6) is 5.75 Å². The van der Waals surface area contributed by atoms with E-state index in [0.29, 0.717) is 4.64 Å². The van der Waals surface area contributed by atoms with Gasteiger partial charge in [-0.15, -0.1) is 0 Å². The Morgan fingerprint density at radius 1 is 1.29 bits per heavy atom. The lowest BCUT2D eigenvalue weighted by Gasteiger charge is -2.10. The fourth-order valence-corrected chi connectivity index (χ4v) is 1.70. The molecule has 0 unspecified atom stereocenters. The second-order valence-corrected chi connectivity index (χ2v) is 4.44. The zero-order valence-corrected chi connectivity index (χ0v) is 10.6. The molecule has 0 bridgehead atoms. The second-order valence-electron chi connectivity index (χ2n) is 4.00. The van der Waals surface area contributed by atoms with Crippen LogP contribution in [0.3, 0.4) is 0 Å². The highest BCUT2D eigenvalue weighted by atomic mass is 32.1. The van der Waals surface area contributed by atoms with Crippen molar-refractivity contribution in [3.63, 3.8) is 0 Å². The zero-order valence-electron chi connectivity index (χ0n) is 9.81. The number of hydrogen-bond acceptors (Lipinski definition) is 3. The van der Waals surface area contributed by atoms with Gasteiger partial charge in [-0.05, 0) is 26.0 Å². The Morgan fingerprint density at radius 3 is 2.82 bits per heavy atom. The van der Waals surface area contributed by atoms with Crippen LogP contribution in [0, 0.1) is 4.64 Å². The van der Waals surface area contributed by atoms with E-state index in [1.807, 2.05) is 38.1 Å². The third-order valence-corrected chi connectivity index (χ3v) is 2.38. The summed E-state index contributed by atoms with van der Waals surface area (Å²) in [7, 11) is 0. The van der Waals surface area contributed by atoms with Crippen molar-refractivity contribution in [3.8, 4) is 17.0 Å². The molecule has 0 spiro atoms. The number of aromatic amines is 1. The molecule has 0 radical (unpaired) electrons. The molecule has 0 saturated carbocycles. The predicted octanol–water partition coefficient (Wildman–Crippen LogP) is 3.59. The first-order chi connectivity index (χ1) is 8.15. The summed E-state index contributed by atoms with van der Waals surface area (Å²) in [5.41, 5.74) is 1.91. The largest absolute Gasteiger partial charge is 0.491 e. The number of benzene rings is 1. The van der Waals surface area contributed by atoms with Gasteiger partial charge in [0.1, 0.15) is 10.4 Å². The Kier molecular flexibility index (Phi) is 3.54. The van der Waals surface area contributed by atoms with Gasteiger partial charge in [-0.1, -0.05) is 24.4 Å². The highest BCUT2D eigenvalue weighted by molar-refractivity contribution is 7.71. The maximum absolute atomic E-state index is 5.65. The van der Waals surface area contributed by atoms with Crippen molar-refractivity contribution < 1.29 is 4.74 Å². The molecule has 0 aliphatic heterocycles. The minimum Gasteiger partial charge on any atom is -0.491 e. The van der Waals surface area contributed by atoms with Crippen molar-refractivity contribution in [2.75, 3.05) is 0 Å². The molecule has 0 atom stereocenters. The maximum Gasteiger partial charge on any atom is 0.122 e. The van der Waals surface area contributed by atoms with Crippen molar-refractivity contribution in [1.29, 1.82) is 0 Å². The van der Waals surface area contributed by atoms with Crippen molar-refractivity contribution in [3.05, 3.63) is 41.3 Å². The molecule has 1 aromatic carbocycles. The van der Waals surface area contributed by atoms with Gasteiger partial charge in [0.2, 0.25) is 0 Å². The molecule has 4 heteroatoms. The summed E-state index contributed by atoms with van der Waals surface area (Å²) in [5.74, 6) is 0.848. The quantitative estimate of drug-likeness (QED) is 0.841. The van der Waals surface area contributed by atoms with E-state index in [-0.39, 0.29) is 6.10 Å². The molecule has 2 rings (SSSR count). The lowest BCUT2D eigenvalue weighted by atomic mass is 10.1. The third kappa shape index (κ3) is 3.14. The molecule has 1 N–H and O–H groups in total. The number of nitrogens with zero attached hydrogens (tertiary/aromatic N) is 1. The van der Waals surface area contributed by atoms with Gasteiger partial charge < -0.3 is 9.72 Å². The molecule has 2 aromatic rings. The monoisotopic (exact) mass is 246 g/mol. The van der Waals surface area contributed by atoms with Gasteiger partial charge in [-0.25, -0.2) is 0 Å². The van der Waals surface area contributed by atoms with Crippen LogP contribution in [0.15, 0.2) is 36.7 Å². The van der Waals surface area contributed by atoms with Crippen LogP contribution in [0.25, 0.3) is 11.3 Å². The van der Waals surface area contributed by atoms with Gasteiger partial charge in [0, 0.05) is 5.56 Å². The van der Waals surface area contributed by atoms with Crippen LogP contribution >= 0.6 is 12.2 Å². The Bertz CT molecular complexity index is 563. The molecule has 0 aliphatic rings. The average Bonchev–Trinajstić information content (AvgIpc) is 2.28. The summed E-state index contributed by atoms with van der Waals surface area (Å²) in [6.45, 7) is 4.01. The number of nitrogens with one attached hydrogen (secondary N) is 1. The number of aromatic nitrogens is 2. The summed E-state index contributed by atoms with van der Waals surface area (Å²) in [5, 5.41) is 0. The van der Waals surface area contributed by atoms with Crippen molar-refractivity contribution in [1.82, 2.24) is 9.97 Å². The first kappa shape index (κ1) is 11.8. The van der Waals surface area contributed by atoms with Gasteiger partial charge in [-0.2, -0.15) is 0 Å². The van der Waals surface area contributed by atoms with E-state index in [2.05, 4.69) is 9.97 Å². The molecular formula is C13H14N2OS. The molecule has 0 fully saturated rings. The third-order valence-electron chi connectivity index (χ3n) is 2.17. The van der Waals surface area contributed by atoms with Gasteiger partial charge in [-0.3, -0.25) is 4.98 Å². The van der Waals surface area contributed by atoms with E-state index < -0.39 is 0 Å². The van der Waals surface area contributed by atoms with Gasteiger partial charge in [0.15, 0.2) is 0 Å². The first-order valence-electron chi connectivity index (χ1n) is 5.46. The summed E-state index contributed by atoms with van der Waals surface area (Å²) in [6.07, 6.45) is 3.54. The fourth-order valence-electron chi connectivity index (χ4n) is 1.53. The van der Waals surface area contributed by atoms with Gasteiger partial charge in [0.05, 0.1) is 24.2 Å².